The highest BCUT2D eigenvalue weighted by molar-refractivity contribution is 7.14. The second-order valence-corrected chi connectivity index (χ2v) is 5.47. The second kappa shape index (κ2) is 7.05. The first kappa shape index (κ1) is 14.5. The lowest BCUT2D eigenvalue weighted by atomic mass is 10.2. The first-order valence-electron chi connectivity index (χ1n) is 6.73. The Hall–Kier alpha value is -1.88. The van der Waals surface area contributed by atoms with Crippen molar-refractivity contribution in [2.24, 2.45) is 0 Å². The molecule has 0 radical (unpaired) electrons. The average molecular weight is 289 g/mol. The molecule has 1 aromatic carbocycles. The fraction of sp³-hybridized carbons (Fsp3) is 0.333. The third kappa shape index (κ3) is 3.81. The summed E-state index contributed by atoms with van der Waals surface area (Å²) < 4.78 is 0. The zero-order chi connectivity index (χ0) is 14.4. The van der Waals surface area contributed by atoms with E-state index >= 15 is 0 Å². The Morgan fingerprint density at radius 1 is 1.35 bits per heavy atom. The smallest absolute Gasteiger partial charge is 0.323 e. The van der Waals surface area contributed by atoms with Crippen LogP contribution in [0.1, 0.15) is 19.8 Å². The molecule has 5 heteroatoms. The van der Waals surface area contributed by atoms with Crippen molar-refractivity contribution in [1.29, 1.82) is 0 Å². The van der Waals surface area contributed by atoms with E-state index in [4.69, 9.17) is 0 Å². The number of nitrogens with zero attached hydrogens (tertiary/aromatic N) is 2. The molecular formula is C15H19N3OS. The molecule has 0 unspecified atom stereocenters. The maximum atomic E-state index is 11.9. The fourth-order valence-corrected chi connectivity index (χ4v) is 2.47. The number of hydrogen-bond acceptors (Lipinski definition) is 3. The zero-order valence-electron chi connectivity index (χ0n) is 11.8. The van der Waals surface area contributed by atoms with E-state index in [1.165, 1.54) is 11.3 Å². The molecule has 0 aliphatic heterocycles. The van der Waals surface area contributed by atoms with Crippen LogP contribution in [0.2, 0.25) is 0 Å². The van der Waals surface area contributed by atoms with Gasteiger partial charge in [-0.3, -0.25) is 5.32 Å². The minimum absolute atomic E-state index is 0.104. The van der Waals surface area contributed by atoms with Gasteiger partial charge >= 0.3 is 6.03 Å². The van der Waals surface area contributed by atoms with Crippen molar-refractivity contribution in [2.75, 3.05) is 18.9 Å². The summed E-state index contributed by atoms with van der Waals surface area (Å²) in [6, 6.07) is 9.84. The van der Waals surface area contributed by atoms with Crippen molar-refractivity contribution in [3.63, 3.8) is 0 Å². The van der Waals surface area contributed by atoms with Crippen LogP contribution in [0.5, 0.6) is 0 Å². The number of rotatable bonds is 5. The molecule has 1 heterocycles. The number of aromatic nitrogens is 1. The van der Waals surface area contributed by atoms with Crippen LogP contribution in [0.4, 0.5) is 9.93 Å². The lowest BCUT2D eigenvalue weighted by Gasteiger charge is -2.16. The molecule has 20 heavy (non-hydrogen) atoms. The summed E-state index contributed by atoms with van der Waals surface area (Å²) in [7, 11) is 1.80. The number of anilines is 1. The molecule has 2 amide bonds. The van der Waals surface area contributed by atoms with Crippen LogP contribution in [-0.2, 0) is 0 Å². The number of amides is 2. The Balaban J connectivity index is 1.98. The van der Waals surface area contributed by atoms with E-state index in [1.54, 1.807) is 11.9 Å². The van der Waals surface area contributed by atoms with Crippen LogP contribution in [0.3, 0.4) is 0 Å². The molecule has 0 aliphatic carbocycles. The summed E-state index contributed by atoms with van der Waals surface area (Å²) in [5.74, 6) is 0. The molecule has 0 aliphatic rings. The Morgan fingerprint density at radius 2 is 2.10 bits per heavy atom. The van der Waals surface area contributed by atoms with Crippen molar-refractivity contribution in [1.82, 2.24) is 9.88 Å². The molecular weight excluding hydrogens is 270 g/mol. The largest absolute Gasteiger partial charge is 0.328 e. The van der Waals surface area contributed by atoms with E-state index in [-0.39, 0.29) is 6.03 Å². The molecule has 1 N–H and O–H groups in total. The molecule has 0 fully saturated rings. The van der Waals surface area contributed by atoms with Crippen LogP contribution < -0.4 is 5.32 Å². The Labute approximate surface area is 123 Å². The van der Waals surface area contributed by atoms with E-state index in [9.17, 15) is 4.79 Å². The van der Waals surface area contributed by atoms with Gasteiger partial charge in [0.25, 0.3) is 0 Å². The van der Waals surface area contributed by atoms with Gasteiger partial charge in [0.05, 0.1) is 5.69 Å². The average Bonchev–Trinajstić information content (AvgIpc) is 2.94. The molecule has 1 aromatic heterocycles. The molecule has 0 bridgehead atoms. The van der Waals surface area contributed by atoms with E-state index < -0.39 is 0 Å². The van der Waals surface area contributed by atoms with Crippen LogP contribution in [0.15, 0.2) is 35.7 Å². The topological polar surface area (TPSA) is 45.2 Å². The summed E-state index contributed by atoms with van der Waals surface area (Å²) in [6.45, 7) is 2.87. The van der Waals surface area contributed by atoms with Gasteiger partial charge in [-0.1, -0.05) is 43.7 Å². The number of thiazole rings is 1. The Morgan fingerprint density at radius 3 is 2.80 bits per heavy atom. The Kier molecular flexibility index (Phi) is 5.12. The highest BCUT2D eigenvalue weighted by Gasteiger charge is 2.11. The molecule has 106 valence electrons. The minimum Gasteiger partial charge on any atom is -0.328 e. The van der Waals surface area contributed by atoms with Gasteiger partial charge in [-0.25, -0.2) is 9.78 Å². The third-order valence-electron chi connectivity index (χ3n) is 2.98. The van der Waals surface area contributed by atoms with Crippen LogP contribution in [0, 0.1) is 0 Å². The predicted octanol–water partition coefficient (Wildman–Crippen LogP) is 4.07. The minimum atomic E-state index is -0.104. The quantitative estimate of drug-likeness (QED) is 0.901. The van der Waals surface area contributed by atoms with Crippen molar-refractivity contribution in [3.05, 3.63) is 35.7 Å². The normalized spacial score (nSPS) is 10.3. The third-order valence-corrected chi connectivity index (χ3v) is 3.74. The van der Waals surface area contributed by atoms with Crippen LogP contribution in [-0.4, -0.2) is 29.5 Å². The number of urea groups is 1. The SMILES string of the molecule is CCCCN(C)C(=O)Nc1nc(-c2ccccc2)cs1. The van der Waals surface area contributed by atoms with Crippen LogP contribution in [0.25, 0.3) is 11.3 Å². The van der Waals surface area contributed by atoms with Crippen molar-refractivity contribution in [3.8, 4) is 11.3 Å². The van der Waals surface area contributed by atoms with E-state index in [0.29, 0.717) is 5.13 Å². The second-order valence-electron chi connectivity index (χ2n) is 4.61. The van der Waals surface area contributed by atoms with E-state index in [1.807, 2.05) is 35.7 Å². The molecule has 2 aromatic rings. The van der Waals surface area contributed by atoms with Gasteiger partial charge in [0, 0.05) is 24.5 Å². The molecule has 0 saturated heterocycles. The summed E-state index contributed by atoms with van der Waals surface area (Å²) >= 11 is 1.44. The van der Waals surface area contributed by atoms with Crippen LogP contribution >= 0.6 is 11.3 Å². The number of unbranched alkanes of at least 4 members (excludes halogenated alkanes) is 1. The fourth-order valence-electron chi connectivity index (χ4n) is 1.76. The summed E-state index contributed by atoms with van der Waals surface area (Å²) in [5, 5.41) is 5.43. The van der Waals surface area contributed by atoms with Crippen molar-refractivity contribution < 1.29 is 4.79 Å². The highest BCUT2D eigenvalue weighted by atomic mass is 32.1. The number of carbonyl (C=O) groups is 1. The van der Waals surface area contributed by atoms with Gasteiger partial charge in [0.1, 0.15) is 0 Å². The Bertz CT molecular complexity index is 553. The van der Waals surface area contributed by atoms with E-state index in [2.05, 4.69) is 17.2 Å². The lowest BCUT2D eigenvalue weighted by Crippen LogP contribution is -2.32. The molecule has 0 spiro atoms. The standard InChI is InChI=1S/C15H19N3OS/c1-3-4-10-18(2)15(19)17-14-16-13(11-20-14)12-8-6-5-7-9-12/h5-9,11H,3-4,10H2,1-2H3,(H,16,17,19). The maximum absolute atomic E-state index is 11.9. The van der Waals surface area contributed by atoms with Gasteiger partial charge in [-0.2, -0.15) is 0 Å². The monoisotopic (exact) mass is 289 g/mol. The van der Waals surface area contributed by atoms with Crippen molar-refractivity contribution >= 4 is 22.5 Å². The number of hydrogen-bond donors (Lipinski definition) is 1. The first-order chi connectivity index (χ1) is 9.70. The summed E-state index contributed by atoms with van der Waals surface area (Å²) in [6.07, 6.45) is 2.09. The van der Waals surface area contributed by atoms with Gasteiger partial charge in [0.2, 0.25) is 0 Å². The predicted molar refractivity (Wildman–Crippen MR) is 84.1 cm³/mol. The molecule has 2 rings (SSSR count). The maximum Gasteiger partial charge on any atom is 0.323 e. The van der Waals surface area contributed by atoms with E-state index in [0.717, 1.165) is 30.6 Å². The lowest BCUT2D eigenvalue weighted by molar-refractivity contribution is 0.222. The zero-order valence-corrected chi connectivity index (χ0v) is 12.6. The first-order valence-corrected chi connectivity index (χ1v) is 7.61. The molecule has 0 atom stereocenters. The highest BCUT2D eigenvalue weighted by Crippen LogP contribution is 2.24. The number of benzene rings is 1. The summed E-state index contributed by atoms with van der Waals surface area (Å²) in [4.78, 5) is 18.1. The number of nitrogens with one attached hydrogen (secondary N) is 1. The molecule has 0 saturated carbocycles. The van der Waals surface area contributed by atoms with Gasteiger partial charge < -0.3 is 4.90 Å². The van der Waals surface area contributed by atoms with Crippen molar-refractivity contribution in [2.45, 2.75) is 19.8 Å². The number of carbonyl (C=O) groups excluding carboxylic acids is 1. The van der Waals surface area contributed by atoms with Gasteiger partial charge in [-0.05, 0) is 6.42 Å². The van der Waals surface area contributed by atoms with Gasteiger partial charge in [-0.15, -0.1) is 11.3 Å². The summed E-state index contributed by atoms with van der Waals surface area (Å²) in [5.41, 5.74) is 1.95. The molecule has 4 nitrogen and oxygen atoms in total. The van der Waals surface area contributed by atoms with Gasteiger partial charge in [0.15, 0.2) is 5.13 Å².